The summed E-state index contributed by atoms with van der Waals surface area (Å²) in [5.74, 6) is 7.42. The van der Waals surface area contributed by atoms with Crippen LogP contribution in [0.2, 0.25) is 0 Å². The summed E-state index contributed by atoms with van der Waals surface area (Å²) in [5.41, 5.74) is 7.12. The second-order valence-corrected chi connectivity index (χ2v) is 8.14. The molecule has 0 saturated heterocycles. The van der Waals surface area contributed by atoms with Gasteiger partial charge in [0, 0.05) is 44.7 Å². The number of ether oxygens (including phenoxy) is 1. The van der Waals surface area contributed by atoms with Gasteiger partial charge in [0.15, 0.2) is 0 Å². The Kier molecular flexibility index (Phi) is 4.91. The van der Waals surface area contributed by atoms with Crippen molar-refractivity contribution in [1.82, 2.24) is 19.9 Å². The van der Waals surface area contributed by atoms with Crippen molar-refractivity contribution in [2.75, 3.05) is 7.11 Å². The predicted molar refractivity (Wildman–Crippen MR) is 133 cm³/mol. The third-order valence-electron chi connectivity index (χ3n) is 5.96. The van der Waals surface area contributed by atoms with E-state index < -0.39 is 0 Å². The van der Waals surface area contributed by atoms with E-state index in [0.29, 0.717) is 17.3 Å². The molecule has 3 aromatic heterocycles. The van der Waals surface area contributed by atoms with Gasteiger partial charge in [-0.15, -0.1) is 0 Å². The summed E-state index contributed by atoms with van der Waals surface area (Å²) >= 11 is 0. The van der Waals surface area contributed by atoms with E-state index in [2.05, 4.69) is 34.7 Å². The molecule has 0 fully saturated rings. The van der Waals surface area contributed by atoms with Crippen molar-refractivity contribution in [2.45, 2.75) is 20.8 Å². The Morgan fingerprint density at radius 1 is 1.06 bits per heavy atom. The van der Waals surface area contributed by atoms with Gasteiger partial charge in [-0.2, -0.15) is 5.90 Å². The Morgan fingerprint density at radius 2 is 1.88 bits per heavy atom. The number of aryl methyl sites for hydroxylation is 1. The zero-order valence-corrected chi connectivity index (χ0v) is 19.0. The molecule has 4 N–H and O–H groups in total. The van der Waals surface area contributed by atoms with Gasteiger partial charge in [-0.25, -0.2) is 9.97 Å². The van der Waals surface area contributed by atoms with E-state index in [1.54, 1.807) is 7.11 Å². The van der Waals surface area contributed by atoms with Gasteiger partial charge in [-0.05, 0) is 50.6 Å². The Labute approximate surface area is 190 Å². The van der Waals surface area contributed by atoms with E-state index in [1.165, 1.54) is 0 Å². The van der Waals surface area contributed by atoms with Crippen LogP contribution in [-0.4, -0.2) is 27.0 Å². The molecule has 3 heterocycles. The summed E-state index contributed by atoms with van der Waals surface area (Å²) < 4.78 is 5.79. The molecule has 0 atom stereocenters. The van der Waals surface area contributed by atoms with Crippen molar-refractivity contribution >= 4 is 38.4 Å². The van der Waals surface area contributed by atoms with Crippen molar-refractivity contribution < 1.29 is 9.57 Å². The van der Waals surface area contributed by atoms with Crippen molar-refractivity contribution in [3.63, 3.8) is 0 Å². The highest BCUT2D eigenvalue weighted by Crippen LogP contribution is 2.41. The van der Waals surface area contributed by atoms with E-state index in [0.717, 1.165) is 60.8 Å². The standard InChI is InChI=1S/C26H25N5O2/c1-13(2)23(14(3)33-27)19-11-21-18(12-22(19)32-5)24-25(29-15(4)30-26(24)31-21)17-7-6-8-20-16(17)9-10-28-20/h6-12,28H,1,27H2,2-5H3,(H,29,30,31). The first-order valence-electron chi connectivity index (χ1n) is 10.6. The van der Waals surface area contributed by atoms with E-state index >= 15 is 0 Å². The first-order chi connectivity index (χ1) is 15.9. The van der Waals surface area contributed by atoms with Crippen LogP contribution < -0.4 is 10.6 Å². The number of fused-ring (bicyclic) bond motifs is 4. The number of H-pyrrole nitrogens is 2. The smallest absolute Gasteiger partial charge is 0.142 e. The second-order valence-electron chi connectivity index (χ2n) is 8.14. The lowest BCUT2D eigenvalue weighted by molar-refractivity contribution is 0.224. The van der Waals surface area contributed by atoms with Crippen LogP contribution in [0.1, 0.15) is 25.2 Å². The van der Waals surface area contributed by atoms with E-state index in [4.69, 9.17) is 25.4 Å². The summed E-state index contributed by atoms with van der Waals surface area (Å²) in [6.07, 6.45) is 1.94. The number of nitrogens with zero attached hydrogens (tertiary/aromatic N) is 2. The molecule has 7 nitrogen and oxygen atoms in total. The summed E-state index contributed by atoms with van der Waals surface area (Å²) in [5, 5.41) is 3.03. The first kappa shape index (κ1) is 20.8. The van der Waals surface area contributed by atoms with Crippen LogP contribution in [0.25, 0.3) is 49.7 Å². The molecule has 0 saturated carbocycles. The van der Waals surface area contributed by atoms with Gasteiger partial charge >= 0.3 is 0 Å². The topological polar surface area (TPSA) is 102 Å². The highest BCUT2D eigenvalue weighted by molar-refractivity contribution is 6.15. The van der Waals surface area contributed by atoms with Crippen LogP contribution in [0.15, 0.2) is 60.5 Å². The van der Waals surface area contributed by atoms with Gasteiger partial charge in [0.1, 0.15) is 23.0 Å². The van der Waals surface area contributed by atoms with E-state index in [1.807, 2.05) is 45.2 Å². The number of rotatable bonds is 5. The molecule has 0 spiro atoms. The summed E-state index contributed by atoms with van der Waals surface area (Å²) in [4.78, 5) is 21.4. The molecule has 33 heavy (non-hydrogen) atoms. The third-order valence-corrected chi connectivity index (χ3v) is 5.96. The summed E-state index contributed by atoms with van der Waals surface area (Å²) in [7, 11) is 1.65. The number of nitrogens with one attached hydrogen (secondary N) is 2. The molecular weight excluding hydrogens is 414 g/mol. The van der Waals surface area contributed by atoms with Crippen LogP contribution in [0.5, 0.6) is 5.75 Å². The highest BCUT2D eigenvalue weighted by atomic mass is 16.6. The molecule has 7 heteroatoms. The quantitative estimate of drug-likeness (QED) is 0.183. The molecule has 0 bridgehead atoms. The fourth-order valence-corrected chi connectivity index (χ4v) is 4.57. The number of hydrogen-bond donors (Lipinski definition) is 3. The normalized spacial score (nSPS) is 12.4. The van der Waals surface area contributed by atoms with Gasteiger partial charge in [-0.1, -0.05) is 18.7 Å². The molecule has 5 aromatic rings. The van der Waals surface area contributed by atoms with Gasteiger partial charge in [0.2, 0.25) is 0 Å². The predicted octanol–water partition coefficient (Wildman–Crippen LogP) is 5.77. The number of benzene rings is 2. The van der Waals surface area contributed by atoms with Crippen LogP contribution >= 0.6 is 0 Å². The van der Waals surface area contributed by atoms with Crippen LogP contribution in [0.3, 0.4) is 0 Å². The average Bonchev–Trinajstić information content (AvgIpc) is 3.41. The minimum atomic E-state index is 0.562. The van der Waals surface area contributed by atoms with Crippen molar-refractivity contribution in [3.8, 4) is 17.0 Å². The maximum atomic E-state index is 5.79. The molecule has 0 unspecified atom stereocenters. The van der Waals surface area contributed by atoms with E-state index in [-0.39, 0.29) is 0 Å². The molecule has 5 rings (SSSR count). The number of aromatic amines is 2. The molecule has 0 aliphatic heterocycles. The van der Waals surface area contributed by atoms with Gasteiger partial charge in [0.05, 0.1) is 18.2 Å². The number of allylic oxidation sites excluding steroid dienone is 3. The molecule has 0 aliphatic rings. The molecule has 0 radical (unpaired) electrons. The fourth-order valence-electron chi connectivity index (χ4n) is 4.57. The van der Waals surface area contributed by atoms with Gasteiger partial charge < -0.3 is 19.5 Å². The first-order valence-corrected chi connectivity index (χ1v) is 10.6. The summed E-state index contributed by atoms with van der Waals surface area (Å²) in [6.45, 7) is 9.73. The van der Waals surface area contributed by atoms with Crippen LogP contribution in [0, 0.1) is 6.92 Å². The van der Waals surface area contributed by atoms with Crippen LogP contribution in [-0.2, 0) is 4.84 Å². The zero-order chi connectivity index (χ0) is 23.3. The van der Waals surface area contributed by atoms with Gasteiger partial charge in [-0.3, -0.25) is 0 Å². The lowest BCUT2D eigenvalue weighted by Gasteiger charge is -2.15. The van der Waals surface area contributed by atoms with E-state index in [9.17, 15) is 0 Å². The van der Waals surface area contributed by atoms with Crippen molar-refractivity contribution in [1.29, 1.82) is 0 Å². The zero-order valence-electron chi connectivity index (χ0n) is 19.0. The Morgan fingerprint density at radius 3 is 2.61 bits per heavy atom. The molecule has 166 valence electrons. The largest absolute Gasteiger partial charge is 0.496 e. The van der Waals surface area contributed by atoms with Gasteiger partial charge in [0.25, 0.3) is 0 Å². The maximum absolute atomic E-state index is 5.79. The van der Waals surface area contributed by atoms with Crippen molar-refractivity contribution in [2.24, 2.45) is 5.90 Å². The lowest BCUT2D eigenvalue weighted by atomic mass is 9.96. The highest BCUT2D eigenvalue weighted by Gasteiger charge is 2.21. The molecular formula is C26H25N5O2. The third kappa shape index (κ3) is 3.25. The molecule has 0 aliphatic carbocycles. The average molecular weight is 440 g/mol. The molecule has 0 amide bonds. The number of nitrogens with two attached hydrogens (primary N) is 1. The number of aromatic nitrogens is 4. The number of methoxy groups -OCH3 is 1. The lowest BCUT2D eigenvalue weighted by Crippen LogP contribution is -2.02. The number of hydrogen-bond acceptors (Lipinski definition) is 5. The van der Waals surface area contributed by atoms with Crippen molar-refractivity contribution in [3.05, 3.63) is 71.9 Å². The summed E-state index contributed by atoms with van der Waals surface area (Å²) in [6, 6.07) is 12.3. The minimum absolute atomic E-state index is 0.562. The molecule has 2 aromatic carbocycles. The minimum Gasteiger partial charge on any atom is -0.496 e. The Balaban J connectivity index is 1.88. The monoisotopic (exact) mass is 439 g/mol. The van der Waals surface area contributed by atoms with Crippen LogP contribution in [0.4, 0.5) is 0 Å². The SMILES string of the molecule is C=C(C)C(=C(C)ON)c1cc2[nH]c3nc(C)nc(-c4cccc5[nH]ccc45)c3c2cc1OC. The maximum Gasteiger partial charge on any atom is 0.142 e. The Bertz CT molecular complexity index is 1590. The fraction of sp³-hybridized carbons (Fsp3) is 0.154. The Hall–Kier alpha value is -4.10. The second kappa shape index (κ2) is 7.79.